The minimum atomic E-state index is -0.517. The van der Waals surface area contributed by atoms with Crippen LogP contribution in [0.15, 0.2) is 24.3 Å². The van der Waals surface area contributed by atoms with Gasteiger partial charge in [0, 0.05) is 18.8 Å². The number of amides is 2. The Kier molecular flexibility index (Phi) is 9.38. The third-order valence-electron chi connectivity index (χ3n) is 5.05. The topological polar surface area (TPSA) is 61.9 Å². The van der Waals surface area contributed by atoms with Crippen LogP contribution in [-0.4, -0.2) is 52.5 Å². The van der Waals surface area contributed by atoms with Gasteiger partial charge in [0.15, 0.2) is 5.11 Å². The van der Waals surface area contributed by atoms with Crippen molar-refractivity contribution in [3.05, 3.63) is 24.3 Å². The van der Waals surface area contributed by atoms with Crippen LogP contribution in [0.4, 0.5) is 5.69 Å². The first-order valence-electron chi connectivity index (χ1n) is 10.7. The van der Waals surface area contributed by atoms with Crippen molar-refractivity contribution in [2.45, 2.75) is 65.3 Å². The van der Waals surface area contributed by atoms with E-state index in [4.69, 9.17) is 17.0 Å². The number of hydrogen-bond acceptors (Lipinski definition) is 4. The first-order valence-corrected chi connectivity index (χ1v) is 11.1. The molecule has 2 rings (SSSR count). The lowest BCUT2D eigenvalue weighted by molar-refractivity contribution is -0.130. The summed E-state index contributed by atoms with van der Waals surface area (Å²) in [5.74, 6) is 0.492. The van der Waals surface area contributed by atoms with Crippen LogP contribution in [0.5, 0.6) is 5.75 Å². The van der Waals surface area contributed by atoms with Gasteiger partial charge in [-0.2, -0.15) is 0 Å². The number of nitrogens with one attached hydrogen (secondary N) is 1. The number of benzene rings is 1. The molecule has 0 aliphatic carbocycles. The maximum atomic E-state index is 12.8. The molecule has 1 aliphatic heterocycles. The zero-order valence-electron chi connectivity index (χ0n) is 17.8. The summed E-state index contributed by atoms with van der Waals surface area (Å²) in [5.41, 5.74) is 0.685. The van der Waals surface area contributed by atoms with Crippen LogP contribution in [0.2, 0.25) is 0 Å². The monoisotopic (exact) mass is 419 g/mol. The average molecular weight is 420 g/mol. The predicted octanol–water partition coefficient (Wildman–Crippen LogP) is 4.20. The second-order valence-electron chi connectivity index (χ2n) is 7.20. The van der Waals surface area contributed by atoms with E-state index in [-0.39, 0.29) is 18.2 Å². The third-order valence-corrected chi connectivity index (χ3v) is 5.51. The highest BCUT2D eigenvalue weighted by Gasteiger charge is 2.42. The van der Waals surface area contributed by atoms with Crippen LogP contribution in [0.1, 0.15) is 59.3 Å². The minimum Gasteiger partial charge on any atom is -0.494 e. The molecule has 160 valence electrons. The number of carbonyl (C=O) groups is 2. The van der Waals surface area contributed by atoms with Crippen LogP contribution < -0.4 is 10.1 Å². The summed E-state index contributed by atoms with van der Waals surface area (Å²) in [6.45, 7) is 7.86. The van der Waals surface area contributed by atoms with E-state index in [0.29, 0.717) is 30.5 Å². The number of carbonyl (C=O) groups excluding carboxylic acids is 2. The van der Waals surface area contributed by atoms with Crippen molar-refractivity contribution in [1.82, 2.24) is 9.80 Å². The van der Waals surface area contributed by atoms with E-state index in [1.165, 1.54) is 19.3 Å². The zero-order valence-corrected chi connectivity index (χ0v) is 18.6. The number of anilines is 1. The lowest BCUT2D eigenvalue weighted by Gasteiger charge is -2.23. The molecule has 1 N–H and O–H groups in total. The summed E-state index contributed by atoms with van der Waals surface area (Å²) in [4.78, 5) is 28.9. The normalized spacial score (nSPS) is 16.4. The first kappa shape index (κ1) is 23.1. The van der Waals surface area contributed by atoms with Gasteiger partial charge < -0.3 is 15.0 Å². The van der Waals surface area contributed by atoms with Gasteiger partial charge in [0.25, 0.3) is 5.91 Å². The van der Waals surface area contributed by atoms with Crippen molar-refractivity contribution in [2.24, 2.45) is 0 Å². The van der Waals surface area contributed by atoms with E-state index in [1.807, 2.05) is 30.9 Å². The van der Waals surface area contributed by atoms with Crippen molar-refractivity contribution >= 4 is 34.8 Å². The number of ether oxygens (including phenoxy) is 1. The second-order valence-corrected chi connectivity index (χ2v) is 7.56. The highest BCUT2D eigenvalue weighted by Crippen LogP contribution is 2.23. The third kappa shape index (κ3) is 6.42. The molecule has 29 heavy (non-hydrogen) atoms. The quantitative estimate of drug-likeness (QED) is 0.406. The molecule has 0 saturated carbocycles. The molecule has 1 aromatic rings. The highest BCUT2D eigenvalue weighted by atomic mass is 32.1. The maximum Gasteiger partial charge on any atom is 0.252 e. The molecular weight excluding hydrogens is 386 g/mol. The Morgan fingerprint density at radius 3 is 2.41 bits per heavy atom. The Morgan fingerprint density at radius 1 is 1.10 bits per heavy atom. The van der Waals surface area contributed by atoms with E-state index in [1.54, 1.807) is 17.0 Å². The van der Waals surface area contributed by atoms with Crippen molar-refractivity contribution in [2.75, 3.05) is 25.0 Å². The molecule has 1 unspecified atom stereocenters. The van der Waals surface area contributed by atoms with Crippen LogP contribution in [0, 0.1) is 0 Å². The molecule has 1 saturated heterocycles. The van der Waals surface area contributed by atoms with E-state index < -0.39 is 6.04 Å². The van der Waals surface area contributed by atoms with Crippen molar-refractivity contribution in [1.29, 1.82) is 0 Å². The second kappa shape index (κ2) is 11.8. The summed E-state index contributed by atoms with van der Waals surface area (Å²) < 4.78 is 5.42. The minimum absolute atomic E-state index is 0.0760. The average Bonchev–Trinajstić information content (AvgIpc) is 2.92. The van der Waals surface area contributed by atoms with E-state index >= 15 is 0 Å². The standard InChI is InChI=1S/C22H33N3O3S/c1-4-7-8-9-10-15-25-19(21(27)24(5-2)22(25)29)16-20(26)23-17-11-13-18(14-12-17)28-6-3/h11-14,19H,4-10,15-16H2,1-3H3,(H,23,26). The van der Waals surface area contributed by atoms with Crippen molar-refractivity contribution in [3.63, 3.8) is 0 Å². The zero-order chi connectivity index (χ0) is 21.2. The van der Waals surface area contributed by atoms with Gasteiger partial charge in [-0.05, 0) is 56.8 Å². The number of thiocarbonyl (C=S) groups is 1. The largest absolute Gasteiger partial charge is 0.494 e. The molecule has 1 atom stereocenters. The fourth-order valence-corrected chi connectivity index (χ4v) is 3.95. The van der Waals surface area contributed by atoms with Crippen LogP contribution in [0.3, 0.4) is 0 Å². The van der Waals surface area contributed by atoms with Gasteiger partial charge in [0.1, 0.15) is 11.8 Å². The summed E-state index contributed by atoms with van der Waals surface area (Å²) in [5, 5.41) is 3.42. The van der Waals surface area contributed by atoms with Crippen molar-refractivity contribution in [3.8, 4) is 5.75 Å². The van der Waals surface area contributed by atoms with Gasteiger partial charge >= 0.3 is 0 Å². The smallest absolute Gasteiger partial charge is 0.252 e. The Labute approximate surface area is 179 Å². The molecule has 1 fully saturated rings. The van der Waals surface area contributed by atoms with Gasteiger partial charge in [-0.1, -0.05) is 32.6 Å². The summed E-state index contributed by atoms with van der Waals surface area (Å²) in [6.07, 6.45) is 5.78. The summed E-state index contributed by atoms with van der Waals surface area (Å²) >= 11 is 5.52. The molecule has 1 aliphatic rings. The van der Waals surface area contributed by atoms with Gasteiger partial charge in [0.2, 0.25) is 5.91 Å². The Bertz CT molecular complexity index is 693. The fourth-order valence-electron chi connectivity index (χ4n) is 3.51. The van der Waals surface area contributed by atoms with Gasteiger partial charge in [-0.25, -0.2) is 0 Å². The molecule has 0 aromatic heterocycles. The van der Waals surface area contributed by atoms with Gasteiger partial charge in [-0.3, -0.25) is 14.5 Å². The fraction of sp³-hybridized carbons (Fsp3) is 0.591. The number of nitrogens with zero attached hydrogens (tertiary/aromatic N) is 2. The van der Waals surface area contributed by atoms with Crippen LogP contribution in [0.25, 0.3) is 0 Å². The van der Waals surface area contributed by atoms with Gasteiger partial charge in [-0.15, -0.1) is 0 Å². The molecule has 0 bridgehead atoms. The van der Waals surface area contributed by atoms with Crippen molar-refractivity contribution < 1.29 is 14.3 Å². The molecular formula is C22H33N3O3S. The maximum absolute atomic E-state index is 12.8. The van der Waals surface area contributed by atoms with Crippen LogP contribution in [-0.2, 0) is 9.59 Å². The van der Waals surface area contributed by atoms with E-state index in [0.717, 1.165) is 18.6 Å². The summed E-state index contributed by atoms with van der Waals surface area (Å²) in [7, 11) is 0. The number of unbranched alkanes of at least 4 members (excludes halogenated alkanes) is 4. The molecule has 2 amide bonds. The van der Waals surface area contributed by atoms with E-state index in [2.05, 4.69) is 12.2 Å². The predicted molar refractivity (Wildman–Crippen MR) is 120 cm³/mol. The number of hydrogen-bond donors (Lipinski definition) is 1. The Balaban J connectivity index is 1.97. The Hall–Kier alpha value is -2.15. The highest BCUT2D eigenvalue weighted by molar-refractivity contribution is 7.80. The molecule has 1 heterocycles. The van der Waals surface area contributed by atoms with E-state index in [9.17, 15) is 9.59 Å². The number of likely N-dealkylation sites (N-methyl/N-ethyl adjacent to an activating group) is 1. The SMILES string of the molecule is CCCCCCCN1C(=S)N(CC)C(=O)C1CC(=O)Nc1ccc(OCC)cc1. The molecule has 0 radical (unpaired) electrons. The molecule has 7 heteroatoms. The summed E-state index contributed by atoms with van der Waals surface area (Å²) in [6, 6.07) is 6.71. The molecule has 0 spiro atoms. The number of rotatable bonds is 12. The van der Waals surface area contributed by atoms with Crippen LogP contribution >= 0.6 is 12.2 Å². The Morgan fingerprint density at radius 2 is 1.79 bits per heavy atom. The lowest BCUT2D eigenvalue weighted by atomic mass is 10.1. The molecule has 6 nitrogen and oxygen atoms in total. The first-order chi connectivity index (χ1) is 14.0. The molecule has 1 aromatic carbocycles. The van der Waals surface area contributed by atoms with Gasteiger partial charge in [0.05, 0.1) is 13.0 Å². The lowest BCUT2D eigenvalue weighted by Crippen LogP contribution is -2.38.